The van der Waals surface area contributed by atoms with Crippen molar-refractivity contribution in [2.24, 2.45) is 0 Å². The van der Waals surface area contributed by atoms with Gasteiger partial charge >= 0.3 is 0 Å². The molecule has 1 rings (SSSR count). The molecule has 0 aliphatic carbocycles. The summed E-state index contributed by atoms with van der Waals surface area (Å²) in [6, 6.07) is 2.75. The van der Waals surface area contributed by atoms with E-state index in [-0.39, 0.29) is 36.7 Å². The van der Waals surface area contributed by atoms with Gasteiger partial charge in [0.1, 0.15) is 0 Å². The maximum atomic E-state index is 13.2. The highest BCUT2D eigenvalue weighted by atomic mass is 35.5. The summed E-state index contributed by atoms with van der Waals surface area (Å²) in [5, 5.41) is 8.87. The van der Waals surface area contributed by atoms with Gasteiger partial charge in [0.2, 0.25) is 0 Å². The van der Waals surface area contributed by atoms with Crippen molar-refractivity contribution < 1.29 is 9.50 Å². The van der Waals surface area contributed by atoms with Gasteiger partial charge < -0.3 is 10.0 Å². The molecule has 3 nitrogen and oxygen atoms in total. The number of anilines is 1. The lowest BCUT2D eigenvalue weighted by atomic mass is 10.3. The molecule has 5 heteroatoms. The van der Waals surface area contributed by atoms with E-state index in [0.717, 1.165) is 0 Å². The van der Waals surface area contributed by atoms with Crippen molar-refractivity contribution >= 4 is 18.2 Å². The topological polar surface area (TPSA) is 36.4 Å². The molecule has 1 aromatic heterocycles. The number of aliphatic hydroxyl groups excluding tert-OH is 1. The third-order valence-corrected chi connectivity index (χ3v) is 2.00. The van der Waals surface area contributed by atoms with Crippen LogP contribution in [-0.4, -0.2) is 29.8 Å². The lowest BCUT2D eigenvalue weighted by Gasteiger charge is -2.24. The lowest BCUT2D eigenvalue weighted by molar-refractivity contribution is 0.269. The van der Waals surface area contributed by atoms with Gasteiger partial charge in [-0.05, 0) is 19.1 Å². The quantitative estimate of drug-likeness (QED) is 0.838. The highest BCUT2D eigenvalue weighted by Crippen LogP contribution is 2.15. The van der Waals surface area contributed by atoms with Gasteiger partial charge in [-0.3, -0.25) is 0 Å². The van der Waals surface area contributed by atoms with Crippen LogP contribution in [0.25, 0.3) is 0 Å². The minimum absolute atomic E-state index is 0. The van der Waals surface area contributed by atoms with Gasteiger partial charge in [0.25, 0.3) is 0 Å². The summed E-state index contributed by atoms with van der Waals surface area (Å²) in [4.78, 5) is 5.49. The Bertz CT molecular complexity index is 285. The van der Waals surface area contributed by atoms with E-state index < -0.39 is 0 Å². The molecule has 0 amide bonds. The van der Waals surface area contributed by atoms with Gasteiger partial charge in [-0.15, -0.1) is 12.4 Å². The summed E-state index contributed by atoms with van der Waals surface area (Å²) in [5.74, 6) is -0.102. The van der Waals surface area contributed by atoms with Crippen LogP contribution in [0.15, 0.2) is 18.3 Å². The van der Waals surface area contributed by atoms with E-state index in [1.807, 2.05) is 0 Å². The van der Waals surface area contributed by atoms with Crippen LogP contribution in [0.4, 0.5) is 10.2 Å². The molecule has 0 aromatic carbocycles. The second kappa shape index (κ2) is 5.78. The lowest BCUT2D eigenvalue weighted by Crippen LogP contribution is -2.33. The number of aliphatic hydroxyl groups is 1. The van der Waals surface area contributed by atoms with Crippen LogP contribution in [-0.2, 0) is 0 Å². The number of likely N-dealkylation sites (N-methyl/N-ethyl adjacent to an activating group) is 1. The minimum Gasteiger partial charge on any atom is -0.394 e. The van der Waals surface area contributed by atoms with Gasteiger partial charge in [0, 0.05) is 13.2 Å². The Kier molecular flexibility index (Phi) is 5.42. The molecular formula is C9H14ClFN2O. The standard InChI is InChI=1S/C9H13FN2O.ClH/c1-7(6-13)12(2)9-8(10)4-3-5-11-9;/h3-5,7,13H,6H2,1-2H3;1H. The average Bonchev–Trinajstić information content (AvgIpc) is 2.16. The molecule has 0 aliphatic rings. The summed E-state index contributed by atoms with van der Waals surface area (Å²) in [6.45, 7) is 1.78. The number of nitrogens with zero attached hydrogens (tertiary/aromatic N) is 2. The highest BCUT2D eigenvalue weighted by Gasteiger charge is 2.13. The molecule has 14 heavy (non-hydrogen) atoms. The molecule has 80 valence electrons. The second-order valence-electron chi connectivity index (χ2n) is 2.95. The first kappa shape index (κ1) is 13.1. The molecule has 1 heterocycles. The fourth-order valence-corrected chi connectivity index (χ4v) is 0.968. The summed E-state index contributed by atoms with van der Waals surface area (Å²) >= 11 is 0. The first-order chi connectivity index (χ1) is 6.16. The van der Waals surface area contributed by atoms with Gasteiger partial charge in [-0.1, -0.05) is 0 Å². The van der Waals surface area contributed by atoms with Gasteiger partial charge in [-0.2, -0.15) is 0 Å². The van der Waals surface area contributed by atoms with E-state index in [4.69, 9.17) is 5.11 Å². The molecular weight excluding hydrogens is 207 g/mol. The molecule has 0 bridgehead atoms. The molecule has 0 saturated carbocycles. The van der Waals surface area contributed by atoms with E-state index in [0.29, 0.717) is 0 Å². The SMILES string of the molecule is CC(CO)N(C)c1ncccc1F.Cl. The Labute approximate surface area is 89.0 Å². The monoisotopic (exact) mass is 220 g/mol. The predicted molar refractivity (Wildman–Crippen MR) is 56.4 cm³/mol. The van der Waals surface area contributed by atoms with Crippen molar-refractivity contribution in [3.63, 3.8) is 0 Å². The Morgan fingerprint density at radius 1 is 1.64 bits per heavy atom. The third kappa shape index (κ3) is 2.82. The van der Waals surface area contributed by atoms with Crippen LogP contribution in [0.5, 0.6) is 0 Å². The molecule has 0 radical (unpaired) electrons. The third-order valence-electron chi connectivity index (χ3n) is 2.00. The molecule has 0 aliphatic heterocycles. The van der Waals surface area contributed by atoms with Crippen molar-refractivity contribution in [3.05, 3.63) is 24.1 Å². The van der Waals surface area contributed by atoms with Crippen molar-refractivity contribution in [2.45, 2.75) is 13.0 Å². The number of aromatic nitrogens is 1. The largest absolute Gasteiger partial charge is 0.394 e. The van der Waals surface area contributed by atoms with Crippen LogP contribution in [0.1, 0.15) is 6.92 Å². The van der Waals surface area contributed by atoms with Gasteiger partial charge in [0.15, 0.2) is 11.6 Å². The summed E-state index contributed by atoms with van der Waals surface area (Å²) in [6.07, 6.45) is 1.53. The normalized spacial score (nSPS) is 11.7. The fraction of sp³-hybridized carbons (Fsp3) is 0.444. The fourth-order valence-electron chi connectivity index (χ4n) is 0.968. The number of rotatable bonds is 3. The zero-order chi connectivity index (χ0) is 9.84. The number of pyridine rings is 1. The van der Waals surface area contributed by atoms with Crippen molar-refractivity contribution in [2.75, 3.05) is 18.6 Å². The average molecular weight is 221 g/mol. The molecule has 1 unspecified atom stereocenters. The first-order valence-electron chi connectivity index (χ1n) is 4.11. The number of hydrogen-bond donors (Lipinski definition) is 1. The maximum Gasteiger partial charge on any atom is 0.165 e. The van der Waals surface area contributed by atoms with E-state index in [2.05, 4.69) is 4.98 Å². The first-order valence-corrected chi connectivity index (χ1v) is 4.11. The summed E-state index contributed by atoms with van der Waals surface area (Å²) in [5.41, 5.74) is 0. The van der Waals surface area contributed by atoms with E-state index in [1.54, 1.807) is 18.9 Å². The van der Waals surface area contributed by atoms with Crippen LogP contribution >= 0.6 is 12.4 Å². The molecule has 0 saturated heterocycles. The molecule has 0 fully saturated rings. The smallest absolute Gasteiger partial charge is 0.165 e. The van der Waals surface area contributed by atoms with E-state index >= 15 is 0 Å². The summed E-state index contributed by atoms with van der Waals surface area (Å²) in [7, 11) is 1.70. The van der Waals surface area contributed by atoms with Crippen LogP contribution in [0, 0.1) is 5.82 Å². The molecule has 1 N–H and O–H groups in total. The van der Waals surface area contributed by atoms with Crippen LogP contribution in [0.3, 0.4) is 0 Å². The maximum absolute atomic E-state index is 13.2. The molecule has 1 aromatic rings. The van der Waals surface area contributed by atoms with Crippen molar-refractivity contribution in [1.29, 1.82) is 0 Å². The van der Waals surface area contributed by atoms with Crippen molar-refractivity contribution in [1.82, 2.24) is 4.98 Å². The van der Waals surface area contributed by atoms with Gasteiger partial charge in [0.05, 0.1) is 12.6 Å². The highest BCUT2D eigenvalue weighted by molar-refractivity contribution is 5.85. The molecule has 1 atom stereocenters. The summed E-state index contributed by atoms with van der Waals surface area (Å²) < 4.78 is 13.2. The minimum atomic E-state index is -0.370. The Morgan fingerprint density at radius 3 is 2.79 bits per heavy atom. The zero-order valence-electron chi connectivity index (χ0n) is 8.14. The van der Waals surface area contributed by atoms with Crippen molar-refractivity contribution in [3.8, 4) is 0 Å². The second-order valence-corrected chi connectivity index (χ2v) is 2.95. The van der Waals surface area contributed by atoms with Gasteiger partial charge in [-0.25, -0.2) is 9.37 Å². The van der Waals surface area contributed by atoms with E-state index in [9.17, 15) is 4.39 Å². The number of hydrogen-bond acceptors (Lipinski definition) is 3. The van der Waals surface area contributed by atoms with E-state index in [1.165, 1.54) is 18.3 Å². The Balaban J connectivity index is 0.00000169. The Hall–Kier alpha value is -0.870. The zero-order valence-corrected chi connectivity index (χ0v) is 8.96. The molecule has 0 spiro atoms. The number of halogens is 2. The Morgan fingerprint density at radius 2 is 2.29 bits per heavy atom. The van der Waals surface area contributed by atoms with Crippen LogP contribution < -0.4 is 4.90 Å². The predicted octanol–water partition coefficient (Wildman–Crippen LogP) is 1.46. The van der Waals surface area contributed by atoms with Crippen LogP contribution in [0.2, 0.25) is 0 Å².